The molecule has 2 heterocycles. The molecular formula is C25H24N4O5S. The maximum absolute atomic E-state index is 13.0. The number of nitrogens with one attached hydrogen (secondary N) is 2. The van der Waals surface area contributed by atoms with Crippen LogP contribution in [0, 0.1) is 0 Å². The zero-order valence-corrected chi connectivity index (χ0v) is 20.1. The molecule has 2 aromatic heterocycles. The molecule has 0 radical (unpaired) electrons. The second-order valence-corrected chi connectivity index (χ2v) is 8.81. The number of hydrogen-bond donors (Lipinski definition) is 2. The first kappa shape index (κ1) is 24.0. The standard InChI is InChI=1S/C25H24N4O5S/c1-28-24-19(14-20(35-24)22(31)27-15-16-7-6-10-18(13-16)34-2)23(32)29(25(28)33)12-11-26-21(30)17-8-4-3-5-9-17/h3-10,13-14H,11-12,15H2,1-2H3,(H,26,30)(H,27,31). The third kappa shape index (κ3) is 5.17. The lowest BCUT2D eigenvalue weighted by atomic mass is 10.2. The van der Waals surface area contributed by atoms with Crippen LogP contribution in [0.1, 0.15) is 25.6 Å². The topological polar surface area (TPSA) is 111 Å². The summed E-state index contributed by atoms with van der Waals surface area (Å²) in [5.74, 6) is 0.0544. The highest BCUT2D eigenvalue weighted by Gasteiger charge is 2.18. The summed E-state index contributed by atoms with van der Waals surface area (Å²) in [7, 11) is 3.13. The first-order chi connectivity index (χ1) is 16.9. The highest BCUT2D eigenvalue weighted by molar-refractivity contribution is 7.20. The van der Waals surface area contributed by atoms with Gasteiger partial charge in [0.2, 0.25) is 0 Å². The average molecular weight is 493 g/mol. The van der Waals surface area contributed by atoms with E-state index in [1.807, 2.05) is 30.3 Å². The number of rotatable bonds is 8. The largest absolute Gasteiger partial charge is 0.497 e. The molecule has 0 saturated heterocycles. The first-order valence-corrected chi connectivity index (χ1v) is 11.7. The van der Waals surface area contributed by atoms with Crippen LogP contribution in [-0.4, -0.2) is 34.6 Å². The molecule has 0 aliphatic rings. The van der Waals surface area contributed by atoms with Crippen molar-refractivity contribution in [1.29, 1.82) is 0 Å². The number of nitrogens with zero attached hydrogens (tertiary/aromatic N) is 2. The second kappa shape index (κ2) is 10.4. The van der Waals surface area contributed by atoms with Crippen molar-refractivity contribution < 1.29 is 14.3 Å². The van der Waals surface area contributed by atoms with Gasteiger partial charge in [-0.3, -0.25) is 23.5 Å². The van der Waals surface area contributed by atoms with Gasteiger partial charge in [0.25, 0.3) is 17.4 Å². The zero-order chi connectivity index (χ0) is 24.9. The Labute approximate surface area is 204 Å². The first-order valence-electron chi connectivity index (χ1n) is 10.9. The van der Waals surface area contributed by atoms with Crippen LogP contribution in [0.15, 0.2) is 70.3 Å². The summed E-state index contributed by atoms with van der Waals surface area (Å²) >= 11 is 1.08. The summed E-state index contributed by atoms with van der Waals surface area (Å²) in [4.78, 5) is 51.5. The molecule has 2 aromatic carbocycles. The van der Waals surface area contributed by atoms with Crippen LogP contribution >= 0.6 is 11.3 Å². The van der Waals surface area contributed by atoms with Gasteiger partial charge in [-0.15, -0.1) is 11.3 Å². The normalized spacial score (nSPS) is 10.8. The Morgan fingerprint density at radius 3 is 2.49 bits per heavy atom. The van der Waals surface area contributed by atoms with E-state index >= 15 is 0 Å². The number of ether oxygens (including phenoxy) is 1. The Morgan fingerprint density at radius 1 is 0.971 bits per heavy atom. The molecule has 0 aliphatic carbocycles. The molecule has 2 amide bonds. The van der Waals surface area contributed by atoms with E-state index in [0.29, 0.717) is 21.0 Å². The molecule has 0 aliphatic heterocycles. The molecule has 35 heavy (non-hydrogen) atoms. The Bertz CT molecular complexity index is 1500. The molecule has 4 aromatic rings. The number of benzene rings is 2. The van der Waals surface area contributed by atoms with Crippen molar-refractivity contribution in [3.63, 3.8) is 0 Å². The Balaban J connectivity index is 1.50. The molecule has 0 atom stereocenters. The van der Waals surface area contributed by atoms with Gasteiger partial charge >= 0.3 is 5.69 Å². The van der Waals surface area contributed by atoms with Gasteiger partial charge in [0.15, 0.2) is 0 Å². The summed E-state index contributed by atoms with van der Waals surface area (Å²) in [6, 6.07) is 17.5. The fourth-order valence-corrected chi connectivity index (χ4v) is 4.64. The number of carbonyl (C=O) groups is 2. The molecule has 2 N–H and O–H groups in total. The van der Waals surface area contributed by atoms with Crippen LogP contribution in [-0.2, 0) is 20.1 Å². The van der Waals surface area contributed by atoms with E-state index < -0.39 is 11.2 Å². The summed E-state index contributed by atoms with van der Waals surface area (Å²) in [5.41, 5.74) is 0.346. The zero-order valence-electron chi connectivity index (χ0n) is 19.2. The fraction of sp³-hybridized carbons (Fsp3) is 0.200. The number of hydrogen-bond acceptors (Lipinski definition) is 6. The van der Waals surface area contributed by atoms with Crippen LogP contribution in [0.4, 0.5) is 0 Å². The van der Waals surface area contributed by atoms with Gasteiger partial charge in [-0.2, -0.15) is 0 Å². The predicted molar refractivity (Wildman–Crippen MR) is 134 cm³/mol. The van der Waals surface area contributed by atoms with Crippen LogP contribution in [0.2, 0.25) is 0 Å². The third-order valence-corrected chi connectivity index (χ3v) is 6.69. The highest BCUT2D eigenvalue weighted by Crippen LogP contribution is 2.22. The summed E-state index contributed by atoms with van der Waals surface area (Å²) < 4.78 is 7.61. The van der Waals surface area contributed by atoms with E-state index in [1.165, 1.54) is 10.6 Å². The minimum absolute atomic E-state index is 0.00718. The minimum atomic E-state index is -0.512. The number of carbonyl (C=O) groups excluding carboxylic acids is 2. The molecule has 0 spiro atoms. The lowest BCUT2D eigenvalue weighted by Gasteiger charge is -2.09. The number of fused-ring (bicyclic) bond motifs is 1. The molecule has 0 saturated carbocycles. The molecule has 180 valence electrons. The van der Waals surface area contributed by atoms with Gasteiger partial charge in [-0.1, -0.05) is 30.3 Å². The van der Waals surface area contributed by atoms with E-state index in [4.69, 9.17) is 4.74 Å². The van der Waals surface area contributed by atoms with Crippen LogP contribution in [0.3, 0.4) is 0 Å². The van der Waals surface area contributed by atoms with Gasteiger partial charge < -0.3 is 15.4 Å². The number of aromatic nitrogens is 2. The van der Waals surface area contributed by atoms with Crippen molar-refractivity contribution in [2.75, 3.05) is 13.7 Å². The smallest absolute Gasteiger partial charge is 0.331 e. The molecule has 4 rings (SSSR count). The number of aryl methyl sites for hydroxylation is 1. The number of methoxy groups -OCH3 is 1. The quantitative estimate of drug-likeness (QED) is 0.392. The molecule has 0 unspecified atom stereocenters. The highest BCUT2D eigenvalue weighted by atomic mass is 32.1. The monoisotopic (exact) mass is 492 g/mol. The second-order valence-electron chi connectivity index (χ2n) is 7.78. The summed E-state index contributed by atoms with van der Waals surface area (Å²) in [5, 5.41) is 5.82. The van der Waals surface area contributed by atoms with E-state index in [2.05, 4.69) is 10.6 Å². The predicted octanol–water partition coefficient (Wildman–Crippen LogP) is 2.13. The Kier molecular flexibility index (Phi) is 7.11. The van der Waals surface area contributed by atoms with Gasteiger partial charge in [-0.25, -0.2) is 4.79 Å². The van der Waals surface area contributed by atoms with E-state index in [1.54, 1.807) is 38.4 Å². The van der Waals surface area contributed by atoms with Crippen molar-refractivity contribution in [2.45, 2.75) is 13.1 Å². The molecule has 9 nitrogen and oxygen atoms in total. The lowest BCUT2D eigenvalue weighted by molar-refractivity contribution is 0.0945. The number of amides is 2. The third-order valence-electron chi connectivity index (χ3n) is 5.48. The number of thiophene rings is 1. The van der Waals surface area contributed by atoms with Gasteiger partial charge in [0.05, 0.1) is 17.4 Å². The van der Waals surface area contributed by atoms with Gasteiger partial charge in [-0.05, 0) is 35.9 Å². The minimum Gasteiger partial charge on any atom is -0.497 e. The Hall–Kier alpha value is -4.18. The van der Waals surface area contributed by atoms with Crippen LogP contribution < -0.4 is 26.6 Å². The molecule has 10 heteroatoms. The van der Waals surface area contributed by atoms with Crippen molar-refractivity contribution >= 4 is 33.4 Å². The molecular weight excluding hydrogens is 468 g/mol. The SMILES string of the molecule is COc1cccc(CNC(=O)c2cc3c(=O)n(CCNC(=O)c4ccccc4)c(=O)n(C)c3s2)c1. The van der Waals surface area contributed by atoms with Crippen LogP contribution in [0.25, 0.3) is 10.2 Å². The Morgan fingerprint density at radius 2 is 1.74 bits per heavy atom. The van der Waals surface area contributed by atoms with E-state index in [9.17, 15) is 19.2 Å². The fourth-order valence-electron chi connectivity index (χ4n) is 3.62. The maximum atomic E-state index is 13.0. The van der Waals surface area contributed by atoms with Crippen molar-refractivity contribution in [2.24, 2.45) is 7.05 Å². The molecule has 0 bridgehead atoms. The molecule has 0 fully saturated rings. The lowest BCUT2D eigenvalue weighted by Crippen LogP contribution is -2.41. The van der Waals surface area contributed by atoms with Crippen LogP contribution in [0.5, 0.6) is 5.75 Å². The van der Waals surface area contributed by atoms with E-state index in [0.717, 1.165) is 21.5 Å². The van der Waals surface area contributed by atoms with Crippen molar-refractivity contribution in [3.8, 4) is 5.75 Å². The summed E-state index contributed by atoms with van der Waals surface area (Å²) in [6.45, 7) is 0.397. The average Bonchev–Trinajstić information content (AvgIpc) is 3.34. The summed E-state index contributed by atoms with van der Waals surface area (Å²) in [6.07, 6.45) is 0. The van der Waals surface area contributed by atoms with Crippen molar-refractivity contribution in [3.05, 3.63) is 97.5 Å². The van der Waals surface area contributed by atoms with Gasteiger partial charge in [0, 0.05) is 32.2 Å². The maximum Gasteiger partial charge on any atom is 0.331 e. The van der Waals surface area contributed by atoms with Gasteiger partial charge in [0.1, 0.15) is 10.6 Å². The van der Waals surface area contributed by atoms with Crippen molar-refractivity contribution in [1.82, 2.24) is 19.8 Å². The van der Waals surface area contributed by atoms with E-state index in [-0.39, 0.29) is 36.8 Å².